The van der Waals surface area contributed by atoms with Gasteiger partial charge in [-0.25, -0.2) is 10.9 Å². The number of hydrazine groups is 1. The van der Waals surface area contributed by atoms with Gasteiger partial charge >= 0.3 is 5.91 Å². The van der Waals surface area contributed by atoms with Gasteiger partial charge in [-0.2, -0.15) is 4.98 Å². The predicted octanol–water partition coefficient (Wildman–Crippen LogP) is 0.184. The molecule has 0 atom stereocenters. The van der Waals surface area contributed by atoms with E-state index < -0.39 is 5.91 Å². The van der Waals surface area contributed by atoms with Crippen molar-refractivity contribution < 1.29 is 9.21 Å². The third-order valence-corrected chi connectivity index (χ3v) is 3.11. The van der Waals surface area contributed by atoms with Gasteiger partial charge in [-0.3, -0.25) is 10.2 Å². The molecule has 8 nitrogen and oxygen atoms in total. The first kappa shape index (κ1) is 12.5. The van der Waals surface area contributed by atoms with Gasteiger partial charge in [0.15, 0.2) is 5.76 Å². The number of carbonyl (C=O) groups is 1. The van der Waals surface area contributed by atoms with Crippen LogP contribution in [0.3, 0.4) is 0 Å². The van der Waals surface area contributed by atoms with Crippen molar-refractivity contribution in [2.45, 2.75) is 17.8 Å². The minimum absolute atomic E-state index is 0.181. The number of aromatic amines is 1. The Labute approximate surface area is 106 Å². The van der Waals surface area contributed by atoms with E-state index in [0.29, 0.717) is 16.7 Å². The molecule has 9 heteroatoms. The molecule has 6 N–H and O–H groups in total. The summed E-state index contributed by atoms with van der Waals surface area (Å²) in [5, 5.41) is 6.97. The Morgan fingerprint density at radius 3 is 3.06 bits per heavy atom. The number of rotatable bonds is 4. The van der Waals surface area contributed by atoms with Crippen molar-refractivity contribution in [3.05, 3.63) is 23.2 Å². The summed E-state index contributed by atoms with van der Waals surface area (Å²) in [5.74, 6) is 6.25. The molecule has 96 valence electrons. The van der Waals surface area contributed by atoms with Gasteiger partial charge in [-0.05, 0) is 13.0 Å². The molecule has 0 saturated heterocycles. The zero-order chi connectivity index (χ0) is 13.1. The van der Waals surface area contributed by atoms with Gasteiger partial charge in [0, 0.05) is 11.3 Å². The number of amides is 1. The van der Waals surface area contributed by atoms with Gasteiger partial charge in [-0.15, -0.1) is 5.10 Å². The number of anilines is 1. The van der Waals surface area contributed by atoms with Crippen LogP contribution in [0.25, 0.3) is 0 Å². The summed E-state index contributed by atoms with van der Waals surface area (Å²) in [6, 6.07) is 1.64. The second kappa shape index (κ2) is 5.10. The fourth-order valence-electron chi connectivity index (χ4n) is 1.31. The molecule has 0 aromatic carbocycles. The highest BCUT2D eigenvalue weighted by molar-refractivity contribution is 7.98. The van der Waals surface area contributed by atoms with Crippen molar-refractivity contribution in [1.82, 2.24) is 20.6 Å². The van der Waals surface area contributed by atoms with Gasteiger partial charge in [0.25, 0.3) is 0 Å². The first-order chi connectivity index (χ1) is 8.60. The number of aryl methyl sites for hydroxylation is 1. The van der Waals surface area contributed by atoms with Crippen LogP contribution in [0.5, 0.6) is 0 Å². The molecule has 2 aromatic rings. The van der Waals surface area contributed by atoms with Crippen molar-refractivity contribution in [3.63, 3.8) is 0 Å². The molecule has 0 fully saturated rings. The highest BCUT2D eigenvalue weighted by Gasteiger charge is 2.14. The third kappa shape index (κ3) is 2.63. The van der Waals surface area contributed by atoms with Gasteiger partial charge in [0.1, 0.15) is 5.76 Å². The van der Waals surface area contributed by atoms with E-state index in [0.717, 1.165) is 5.56 Å². The molecule has 1 amide bonds. The lowest BCUT2D eigenvalue weighted by molar-refractivity contribution is 0.0924. The number of hydrogen-bond acceptors (Lipinski definition) is 7. The molecular weight excluding hydrogens is 256 g/mol. The van der Waals surface area contributed by atoms with Crippen LogP contribution in [0.4, 0.5) is 5.95 Å². The van der Waals surface area contributed by atoms with Gasteiger partial charge in [0.05, 0.1) is 0 Å². The highest BCUT2D eigenvalue weighted by atomic mass is 32.2. The Hall–Kier alpha value is -2.00. The molecule has 0 spiro atoms. The van der Waals surface area contributed by atoms with Crippen molar-refractivity contribution in [1.29, 1.82) is 0 Å². The van der Waals surface area contributed by atoms with E-state index in [2.05, 4.69) is 15.2 Å². The van der Waals surface area contributed by atoms with Crippen LogP contribution in [0.15, 0.2) is 15.6 Å². The summed E-state index contributed by atoms with van der Waals surface area (Å²) < 4.78 is 5.28. The topological polar surface area (TPSA) is 136 Å². The molecule has 0 aliphatic rings. The quantitative estimate of drug-likeness (QED) is 0.269. The Kier molecular flexibility index (Phi) is 3.53. The van der Waals surface area contributed by atoms with Crippen molar-refractivity contribution in [2.75, 3.05) is 5.73 Å². The number of nitrogen functional groups attached to an aromatic ring is 2. The number of hydrogen-bond donors (Lipinski definition) is 4. The average molecular weight is 268 g/mol. The standard InChI is InChI=1S/C9H12N6O2S/c1-4-5(2-6(17-4)7(16)13-11)3-18-9-12-8(10)14-15-9/h2H,3,11H2,1H3,(H,13,16)(H3,10,12,14,15). The maximum atomic E-state index is 11.3. The molecule has 0 saturated carbocycles. The number of nitrogens with one attached hydrogen (secondary N) is 2. The van der Waals surface area contributed by atoms with Gasteiger partial charge in [-0.1, -0.05) is 11.8 Å². The number of carbonyl (C=O) groups excluding carboxylic acids is 1. The molecule has 18 heavy (non-hydrogen) atoms. The minimum atomic E-state index is -0.462. The van der Waals surface area contributed by atoms with E-state index >= 15 is 0 Å². The second-order valence-corrected chi connectivity index (χ2v) is 4.40. The number of furan rings is 1. The Bertz CT molecular complexity index is 563. The molecule has 0 aliphatic carbocycles. The van der Waals surface area contributed by atoms with Crippen LogP contribution < -0.4 is 17.0 Å². The summed E-state index contributed by atoms with van der Waals surface area (Å²) in [6.45, 7) is 1.77. The van der Waals surface area contributed by atoms with E-state index in [1.54, 1.807) is 13.0 Å². The largest absolute Gasteiger partial charge is 0.456 e. The Morgan fingerprint density at radius 2 is 2.44 bits per heavy atom. The summed E-state index contributed by atoms with van der Waals surface area (Å²) in [4.78, 5) is 15.2. The minimum Gasteiger partial charge on any atom is -0.456 e. The zero-order valence-corrected chi connectivity index (χ0v) is 10.4. The predicted molar refractivity (Wildman–Crippen MR) is 65.5 cm³/mol. The first-order valence-electron chi connectivity index (χ1n) is 5.01. The lowest BCUT2D eigenvalue weighted by Crippen LogP contribution is -2.29. The fourth-order valence-corrected chi connectivity index (χ4v) is 2.16. The second-order valence-electron chi connectivity index (χ2n) is 3.46. The Morgan fingerprint density at radius 1 is 1.67 bits per heavy atom. The molecule has 2 heterocycles. The highest BCUT2D eigenvalue weighted by Crippen LogP contribution is 2.24. The summed E-state index contributed by atoms with van der Waals surface area (Å²) in [6.07, 6.45) is 0. The van der Waals surface area contributed by atoms with Gasteiger partial charge < -0.3 is 10.2 Å². The van der Waals surface area contributed by atoms with Gasteiger partial charge in [0.2, 0.25) is 11.1 Å². The number of H-pyrrole nitrogens is 1. The monoisotopic (exact) mass is 268 g/mol. The van der Waals surface area contributed by atoms with Crippen molar-refractivity contribution in [2.24, 2.45) is 5.84 Å². The molecule has 2 rings (SSSR count). The molecule has 0 bridgehead atoms. The number of nitrogens with zero attached hydrogens (tertiary/aromatic N) is 2. The lowest BCUT2D eigenvalue weighted by atomic mass is 10.3. The summed E-state index contributed by atoms with van der Waals surface area (Å²) in [5.41, 5.74) is 8.30. The lowest BCUT2D eigenvalue weighted by Gasteiger charge is -1.94. The number of nitrogens with two attached hydrogens (primary N) is 2. The van der Waals surface area contributed by atoms with E-state index in [9.17, 15) is 4.79 Å². The van der Waals surface area contributed by atoms with Crippen LogP contribution in [0, 0.1) is 6.92 Å². The fraction of sp³-hybridized carbons (Fsp3) is 0.222. The number of thioether (sulfide) groups is 1. The summed E-state index contributed by atoms with van der Waals surface area (Å²) in [7, 11) is 0. The van der Waals surface area contributed by atoms with Crippen molar-refractivity contribution >= 4 is 23.6 Å². The smallest absolute Gasteiger partial charge is 0.300 e. The van der Waals surface area contributed by atoms with Crippen molar-refractivity contribution in [3.8, 4) is 0 Å². The van der Waals surface area contributed by atoms with E-state index in [1.807, 2.05) is 5.43 Å². The van der Waals surface area contributed by atoms with Crippen LogP contribution in [0.1, 0.15) is 21.9 Å². The molecular formula is C9H12N6O2S. The van der Waals surface area contributed by atoms with Crippen LogP contribution >= 0.6 is 11.8 Å². The van der Waals surface area contributed by atoms with Crippen LogP contribution in [-0.2, 0) is 5.75 Å². The molecule has 0 unspecified atom stereocenters. The number of aromatic nitrogens is 3. The maximum absolute atomic E-state index is 11.3. The van der Waals surface area contributed by atoms with Crippen LogP contribution in [-0.4, -0.2) is 21.1 Å². The SMILES string of the molecule is Cc1oc(C(=O)NN)cc1CSc1n[nH]c(N)n1. The van der Waals surface area contributed by atoms with Crippen LogP contribution in [0.2, 0.25) is 0 Å². The molecule has 0 radical (unpaired) electrons. The summed E-state index contributed by atoms with van der Waals surface area (Å²) >= 11 is 1.38. The first-order valence-corrected chi connectivity index (χ1v) is 5.99. The van der Waals surface area contributed by atoms with E-state index in [1.165, 1.54) is 11.8 Å². The Balaban J connectivity index is 2.05. The van der Waals surface area contributed by atoms with E-state index in [4.69, 9.17) is 16.0 Å². The third-order valence-electron chi connectivity index (χ3n) is 2.21. The van der Waals surface area contributed by atoms with E-state index in [-0.39, 0.29) is 11.7 Å². The average Bonchev–Trinajstić information content (AvgIpc) is 2.92. The molecule has 2 aromatic heterocycles. The molecule has 0 aliphatic heterocycles. The normalized spacial score (nSPS) is 10.6. The maximum Gasteiger partial charge on any atom is 0.300 e. The zero-order valence-electron chi connectivity index (χ0n) is 9.56.